The van der Waals surface area contributed by atoms with E-state index in [0.29, 0.717) is 5.02 Å². The van der Waals surface area contributed by atoms with Crippen molar-refractivity contribution in [3.63, 3.8) is 0 Å². The van der Waals surface area contributed by atoms with E-state index in [-0.39, 0.29) is 10.8 Å². The minimum atomic E-state index is -3.85. The third kappa shape index (κ3) is 2.95. The van der Waals surface area contributed by atoms with Crippen molar-refractivity contribution in [2.45, 2.75) is 4.90 Å². The molecule has 17 heavy (non-hydrogen) atoms. The third-order valence-corrected chi connectivity index (χ3v) is 3.43. The highest BCUT2D eigenvalue weighted by Gasteiger charge is 2.16. The van der Waals surface area contributed by atoms with Crippen LogP contribution in [-0.2, 0) is 10.1 Å². The molecule has 0 N–H and O–H groups in total. The number of aromatic nitrogens is 1. The second-order valence-corrected chi connectivity index (χ2v) is 5.14. The molecule has 0 aliphatic carbocycles. The fourth-order valence-electron chi connectivity index (χ4n) is 1.16. The molecule has 2 aromatic rings. The average Bonchev–Trinajstić information content (AvgIpc) is 2.30. The summed E-state index contributed by atoms with van der Waals surface area (Å²) in [6.07, 6.45) is 1.45. The Balaban J connectivity index is 2.29. The maximum absolute atomic E-state index is 11.8. The Morgan fingerprint density at radius 1 is 1.06 bits per heavy atom. The summed E-state index contributed by atoms with van der Waals surface area (Å²) < 4.78 is 28.5. The van der Waals surface area contributed by atoms with E-state index in [9.17, 15) is 8.42 Å². The van der Waals surface area contributed by atoms with Crippen LogP contribution >= 0.6 is 11.6 Å². The number of benzene rings is 1. The molecule has 0 fully saturated rings. The highest BCUT2D eigenvalue weighted by Crippen LogP contribution is 2.18. The molecule has 2 rings (SSSR count). The first kappa shape index (κ1) is 11.9. The van der Waals surface area contributed by atoms with Crippen LogP contribution < -0.4 is 4.18 Å². The maximum atomic E-state index is 11.8. The van der Waals surface area contributed by atoms with Gasteiger partial charge < -0.3 is 4.18 Å². The summed E-state index contributed by atoms with van der Waals surface area (Å²) in [6.45, 7) is 0. The van der Waals surface area contributed by atoms with Crippen LogP contribution in [0.4, 0.5) is 0 Å². The summed E-state index contributed by atoms with van der Waals surface area (Å²) in [7, 11) is -3.85. The molecule has 0 unspecified atom stereocenters. The van der Waals surface area contributed by atoms with Crippen molar-refractivity contribution >= 4 is 21.7 Å². The zero-order valence-electron chi connectivity index (χ0n) is 8.58. The van der Waals surface area contributed by atoms with Crippen molar-refractivity contribution in [1.29, 1.82) is 0 Å². The van der Waals surface area contributed by atoms with Gasteiger partial charge in [-0.15, -0.1) is 0 Å². The van der Waals surface area contributed by atoms with Gasteiger partial charge in [0.2, 0.25) is 5.88 Å². The molecule has 1 aromatic heterocycles. The lowest BCUT2D eigenvalue weighted by Gasteiger charge is -2.05. The molecule has 0 aliphatic heterocycles. The van der Waals surface area contributed by atoms with Crippen molar-refractivity contribution < 1.29 is 12.6 Å². The monoisotopic (exact) mass is 269 g/mol. The minimum absolute atomic E-state index is 0.0300. The molecule has 1 heterocycles. The van der Waals surface area contributed by atoms with Crippen LogP contribution in [-0.4, -0.2) is 13.4 Å². The summed E-state index contributed by atoms with van der Waals surface area (Å²) in [4.78, 5) is 3.81. The molecule has 0 saturated carbocycles. The Labute approximate surface area is 104 Å². The number of pyridine rings is 1. The normalized spacial score (nSPS) is 11.1. The fourth-order valence-corrected chi connectivity index (χ4v) is 2.17. The molecular weight excluding hydrogens is 262 g/mol. The van der Waals surface area contributed by atoms with Gasteiger partial charge in [-0.2, -0.15) is 8.42 Å². The predicted octanol–water partition coefficient (Wildman–Crippen LogP) is 2.50. The molecule has 0 bridgehead atoms. The standard InChI is InChI=1S/C11H8ClNO3S/c12-9-4-6-10(7-5-9)17(14,15)16-11-3-1-2-8-13-11/h1-8H. The number of rotatable bonds is 3. The molecule has 4 nitrogen and oxygen atoms in total. The lowest BCUT2D eigenvalue weighted by atomic mass is 10.4. The van der Waals surface area contributed by atoms with Crippen LogP contribution in [0.25, 0.3) is 0 Å². The fraction of sp³-hybridized carbons (Fsp3) is 0. The zero-order valence-corrected chi connectivity index (χ0v) is 10.1. The smallest absolute Gasteiger partial charge is 0.340 e. The van der Waals surface area contributed by atoms with Gasteiger partial charge in [-0.3, -0.25) is 0 Å². The van der Waals surface area contributed by atoms with Crippen LogP contribution in [0.5, 0.6) is 5.88 Å². The van der Waals surface area contributed by atoms with Crippen LogP contribution in [0.2, 0.25) is 5.02 Å². The van der Waals surface area contributed by atoms with Crippen LogP contribution in [0.3, 0.4) is 0 Å². The lowest BCUT2D eigenvalue weighted by molar-refractivity contribution is 0.476. The Morgan fingerprint density at radius 2 is 1.76 bits per heavy atom. The van der Waals surface area contributed by atoms with E-state index in [2.05, 4.69) is 4.98 Å². The second-order valence-electron chi connectivity index (χ2n) is 3.16. The maximum Gasteiger partial charge on any atom is 0.340 e. The minimum Gasteiger partial charge on any atom is -0.358 e. The van der Waals surface area contributed by atoms with E-state index in [1.807, 2.05) is 0 Å². The Bertz CT molecular complexity index is 596. The topological polar surface area (TPSA) is 56.3 Å². The molecule has 0 radical (unpaired) electrons. The van der Waals surface area contributed by atoms with Crippen molar-refractivity contribution in [2.75, 3.05) is 0 Å². The largest absolute Gasteiger partial charge is 0.358 e. The van der Waals surface area contributed by atoms with Crippen molar-refractivity contribution in [3.05, 3.63) is 53.7 Å². The highest BCUT2D eigenvalue weighted by molar-refractivity contribution is 7.87. The second kappa shape index (κ2) is 4.73. The number of hydrogen-bond donors (Lipinski definition) is 0. The van der Waals surface area contributed by atoms with E-state index >= 15 is 0 Å². The van der Waals surface area contributed by atoms with E-state index in [1.54, 1.807) is 12.1 Å². The van der Waals surface area contributed by atoms with E-state index < -0.39 is 10.1 Å². The molecular formula is C11H8ClNO3S. The Morgan fingerprint density at radius 3 is 2.35 bits per heavy atom. The van der Waals surface area contributed by atoms with Gasteiger partial charge in [-0.1, -0.05) is 17.7 Å². The van der Waals surface area contributed by atoms with Gasteiger partial charge in [0.25, 0.3) is 0 Å². The van der Waals surface area contributed by atoms with Gasteiger partial charge in [-0.05, 0) is 30.3 Å². The first-order valence-corrected chi connectivity index (χ1v) is 6.48. The summed E-state index contributed by atoms with van der Waals surface area (Å²) in [6, 6.07) is 10.5. The number of hydrogen-bond acceptors (Lipinski definition) is 4. The summed E-state index contributed by atoms with van der Waals surface area (Å²) in [5, 5.41) is 0.460. The van der Waals surface area contributed by atoms with Gasteiger partial charge >= 0.3 is 10.1 Å². The molecule has 0 amide bonds. The molecule has 88 valence electrons. The van der Waals surface area contributed by atoms with Gasteiger partial charge in [0, 0.05) is 17.3 Å². The van der Waals surface area contributed by atoms with Crippen molar-refractivity contribution in [1.82, 2.24) is 4.98 Å². The molecule has 1 aromatic carbocycles. The van der Waals surface area contributed by atoms with Crippen molar-refractivity contribution in [3.8, 4) is 5.88 Å². The molecule has 0 spiro atoms. The number of halogens is 1. The first-order chi connectivity index (χ1) is 8.08. The van der Waals surface area contributed by atoms with Gasteiger partial charge in [-0.25, -0.2) is 4.98 Å². The quantitative estimate of drug-likeness (QED) is 0.804. The Kier molecular flexibility index (Phi) is 3.31. The molecule has 0 saturated heterocycles. The summed E-state index contributed by atoms with van der Waals surface area (Å²) in [5.41, 5.74) is 0. The number of nitrogens with zero attached hydrogens (tertiary/aromatic N) is 1. The summed E-state index contributed by atoms with van der Waals surface area (Å²) in [5.74, 6) is 0.0300. The first-order valence-electron chi connectivity index (χ1n) is 4.69. The molecule has 0 atom stereocenters. The van der Waals surface area contributed by atoms with E-state index in [4.69, 9.17) is 15.8 Å². The van der Waals surface area contributed by atoms with Crippen LogP contribution in [0.1, 0.15) is 0 Å². The zero-order chi connectivity index (χ0) is 12.3. The Hall–Kier alpha value is -1.59. The van der Waals surface area contributed by atoms with E-state index in [0.717, 1.165) is 0 Å². The lowest BCUT2D eigenvalue weighted by Crippen LogP contribution is -2.10. The van der Waals surface area contributed by atoms with Gasteiger partial charge in [0.15, 0.2) is 0 Å². The van der Waals surface area contributed by atoms with Crippen LogP contribution in [0.15, 0.2) is 53.6 Å². The third-order valence-electron chi connectivity index (χ3n) is 1.94. The van der Waals surface area contributed by atoms with E-state index in [1.165, 1.54) is 36.5 Å². The average molecular weight is 270 g/mol. The molecule has 6 heteroatoms. The van der Waals surface area contributed by atoms with Gasteiger partial charge in [0.05, 0.1) is 0 Å². The molecule has 0 aliphatic rings. The van der Waals surface area contributed by atoms with Crippen LogP contribution in [0, 0.1) is 0 Å². The highest BCUT2D eigenvalue weighted by atomic mass is 35.5. The van der Waals surface area contributed by atoms with Gasteiger partial charge in [0.1, 0.15) is 4.90 Å². The SMILES string of the molecule is O=S(=O)(Oc1ccccn1)c1ccc(Cl)cc1. The van der Waals surface area contributed by atoms with Crippen molar-refractivity contribution in [2.24, 2.45) is 0 Å². The predicted molar refractivity (Wildman–Crippen MR) is 63.5 cm³/mol. The summed E-state index contributed by atoms with van der Waals surface area (Å²) >= 11 is 5.67.